The molecule has 0 aliphatic heterocycles. The van der Waals surface area contributed by atoms with Gasteiger partial charge in [-0.15, -0.1) is 0 Å². The van der Waals surface area contributed by atoms with Crippen LogP contribution in [0.1, 0.15) is 62.5 Å². The van der Waals surface area contributed by atoms with E-state index in [1.807, 2.05) is 6.92 Å². The van der Waals surface area contributed by atoms with Gasteiger partial charge in [0.1, 0.15) is 5.75 Å². The highest BCUT2D eigenvalue weighted by Gasteiger charge is 2.31. The lowest BCUT2D eigenvalue weighted by Gasteiger charge is -2.30. The Labute approximate surface area is 143 Å². The summed E-state index contributed by atoms with van der Waals surface area (Å²) in [7, 11) is 0. The van der Waals surface area contributed by atoms with Gasteiger partial charge in [0.25, 0.3) is 0 Å². The van der Waals surface area contributed by atoms with Crippen molar-refractivity contribution in [2.24, 2.45) is 5.92 Å². The van der Waals surface area contributed by atoms with Crippen LogP contribution in [0.4, 0.5) is 0 Å². The van der Waals surface area contributed by atoms with Crippen molar-refractivity contribution in [1.29, 1.82) is 0 Å². The molecule has 0 amide bonds. The zero-order valence-electron chi connectivity index (χ0n) is 14.5. The minimum absolute atomic E-state index is 0.0856. The second-order valence-electron chi connectivity index (χ2n) is 6.95. The largest absolute Gasteiger partial charge is 0.508 e. The molecule has 1 saturated carbocycles. The van der Waals surface area contributed by atoms with E-state index in [9.17, 15) is 15.3 Å². The summed E-state index contributed by atoms with van der Waals surface area (Å²) in [6.45, 7) is 4.04. The number of hydrogen-bond acceptors (Lipinski definition) is 3. The average Bonchev–Trinajstić information content (AvgIpc) is 2.81. The van der Waals surface area contributed by atoms with Crippen molar-refractivity contribution in [2.75, 3.05) is 0 Å². The first-order valence-electron chi connectivity index (χ1n) is 8.97. The normalized spacial score (nSPS) is 17.1. The number of rotatable bonds is 4. The topological polar surface area (TPSA) is 65.6 Å². The summed E-state index contributed by atoms with van der Waals surface area (Å²) in [5.74, 6) is 1.23. The van der Waals surface area contributed by atoms with Crippen molar-refractivity contribution < 1.29 is 15.3 Å². The monoisotopic (exact) mass is 329 g/mol. The Hall–Kier alpha value is -2.10. The molecule has 1 aromatic heterocycles. The molecular formula is C20H27NO3. The van der Waals surface area contributed by atoms with Crippen LogP contribution in [-0.4, -0.2) is 19.9 Å². The van der Waals surface area contributed by atoms with E-state index in [1.54, 1.807) is 24.3 Å². The van der Waals surface area contributed by atoms with E-state index in [-0.39, 0.29) is 23.4 Å². The molecule has 1 aliphatic carbocycles. The third-order valence-electron chi connectivity index (χ3n) is 5.54. The van der Waals surface area contributed by atoms with Crippen molar-refractivity contribution in [3.8, 4) is 23.2 Å². The number of aromatic hydroxyl groups is 3. The van der Waals surface area contributed by atoms with Gasteiger partial charge < -0.3 is 15.3 Å². The molecule has 2 aromatic rings. The van der Waals surface area contributed by atoms with Gasteiger partial charge >= 0.3 is 0 Å². The molecule has 1 atom stereocenters. The highest BCUT2D eigenvalue weighted by atomic mass is 16.3. The highest BCUT2D eigenvalue weighted by molar-refractivity contribution is 5.54. The van der Waals surface area contributed by atoms with Crippen LogP contribution in [0.2, 0.25) is 0 Å². The van der Waals surface area contributed by atoms with Gasteiger partial charge in [-0.3, -0.25) is 4.57 Å². The minimum atomic E-state index is 0.0856. The molecule has 0 bridgehead atoms. The number of aromatic nitrogens is 1. The molecule has 1 heterocycles. The van der Waals surface area contributed by atoms with Gasteiger partial charge in [-0.25, -0.2) is 0 Å². The maximum Gasteiger partial charge on any atom is 0.202 e. The summed E-state index contributed by atoms with van der Waals surface area (Å²) in [6.07, 6.45) is 7.16. The Balaban J connectivity index is 2.05. The van der Waals surface area contributed by atoms with Crippen LogP contribution in [0, 0.1) is 12.8 Å². The zero-order chi connectivity index (χ0) is 17.3. The fraction of sp³-hybridized carbons (Fsp3) is 0.500. The number of benzene rings is 1. The zero-order valence-corrected chi connectivity index (χ0v) is 14.5. The fourth-order valence-electron chi connectivity index (χ4n) is 4.28. The summed E-state index contributed by atoms with van der Waals surface area (Å²) in [4.78, 5) is 0. The first kappa shape index (κ1) is 16.7. The lowest BCUT2D eigenvalue weighted by molar-refractivity contribution is 0.292. The lowest BCUT2D eigenvalue weighted by atomic mass is 9.75. The summed E-state index contributed by atoms with van der Waals surface area (Å²) >= 11 is 0. The molecule has 1 aliphatic rings. The van der Waals surface area contributed by atoms with Crippen LogP contribution in [0.5, 0.6) is 17.5 Å². The quantitative estimate of drug-likeness (QED) is 0.741. The molecule has 130 valence electrons. The van der Waals surface area contributed by atoms with E-state index in [4.69, 9.17) is 0 Å². The molecule has 24 heavy (non-hydrogen) atoms. The second-order valence-corrected chi connectivity index (χ2v) is 6.95. The smallest absolute Gasteiger partial charge is 0.202 e. The van der Waals surface area contributed by atoms with Crippen molar-refractivity contribution >= 4 is 0 Å². The molecule has 1 unspecified atom stereocenters. The number of nitrogens with zero attached hydrogens (tertiary/aromatic N) is 1. The predicted molar refractivity (Wildman–Crippen MR) is 95.1 cm³/mol. The van der Waals surface area contributed by atoms with Gasteiger partial charge in [0.05, 0.1) is 5.69 Å². The molecule has 0 saturated heterocycles. The summed E-state index contributed by atoms with van der Waals surface area (Å²) in [5, 5.41) is 31.0. The van der Waals surface area contributed by atoms with E-state index in [0.29, 0.717) is 11.6 Å². The Bertz CT molecular complexity index is 697. The third kappa shape index (κ3) is 2.85. The fourth-order valence-corrected chi connectivity index (χ4v) is 4.28. The van der Waals surface area contributed by atoms with Crippen molar-refractivity contribution in [1.82, 2.24) is 4.57 Å². The Morgan fingerprint density at radius 1 is 1.00 bits per heavy atom. The molecule has 1 aromatic carbocycles. The summed E-state index contributed by atoms with van der Waals surface area (Å²) < 4.78 is 1.48. The van der Waals surface area contributed by atoms with Crippen LogP contribution in [0.3, 0.4) is 0 Å². The van der Waals surface area contributed by atoms with Gasteiger partial charge in [-0.2, -0.15) is 0 Å². The van der Waals surface area contributed by atoms with Crippen molar-refractivity contribution in [3.63, 3.8) is 0 Å². The lowest BCUT2D eigenvalue weighted by Crippen LogP contribution is -2.16. The molecule has 4 heteroatoms. The molecular weight excluding hydrogens is 302 g/mol. The Morgan fingerprint density at radius 3 is 2.21 bits per heavy atom. The third-order valence-corrected chi connectivity index (χ3v) is 5.54. The van der Waals surface area contributed by atoms with Crippen LogP contribution < -0.4 is 0 Å². The van der Waals surface area contributed by atoms with Gasteiger partial charge in [0.2, 0.25) is 11.8 Å². The second kappa shape index (κ2) is 6.80. The van der Waals surface area contributed by atoms with E-state index >= 15 is 0 Å². The highest BCUT2D eigenvalue weighted by Crippen LogP contribution is 2.47. The average molecular weight is 329 g/mol. The molecule has 1 fully saturated rings. The van der Waals surface area contributed by atoms with Crippen molar-refractivity contribution in [2.45, 2.75) is 58.3 Å². The SMILES string of the molecule is CCC(c1c(C)c(O)n(-c2ccc(O)cc2)c1O)C1CCCCC1. The molecule has 0 spiro atoms. The van der Waals surface area contributed by atoms with E-state index in [0.717, 1.165) is 17.5 Å². The summed E-state index contributed by atoms with van der Waals surface area (Å²) in [5.41, 5.74) is 2.30. The van der Waals surface area contributed by atoms with Crippen LogP contribution in [0.15, 0.2) is 24.3 Å². The van der Waals surface area contributed by atoms with Crippen LogP contribution in [0.25, 0.3) is 5.69 Å². The van der Waals surface area contributed by atoms with E-state index in [1.165, 1.54) is 36.7 Å². The number of hydrogen-bond donors (Lipinski definition) is 3. The predicted octanol–water partition coefficient (Wildman–Crippen LogP) is 4.98. The van der Waals surface area contributed by atoms with E-state index in [2.05, 4.69) is 6.92 Å². The van der Waals surface area contributed by atoms with Gasteiger partial charge in [0.15, 0.2) is 0 Å². The minimum Gasteiger partial charge on any atom is -0.508 e. The Morgan fingerprint density at radius 2 is 1.62 bits per heavy atom. The molecule has 3 N–H and O–H groups in total. The van der Waals surface area contributed by atoms with Gasteiger partial charge in [0, 0.05) is 11.1 Å². The van der Waals surface area contributed by atoms with Gasteiger partial charge in [-0.05, 0) is 62.3 Å². The first-order valence-corrected chi connectivity index (χ1v) is 8.97. The summed E-state index contributed by atoms with van der Waals surface area (Å²) in [6, 6.07) is 6.50. The molecule has 4 nitrogen and oxygen atoms in total. The van der Waals surface area contributed by atoms with Gasteiger partial charge in [-0.1, -0.05) is 26.2 Å². The molecule has 3 rings (SSSR count). The first-order chi connectivity index (χ1) is 11.5. The maximum atomic E-state index is 10.9. The van der Waals surface area contributed by atoms with Crippen LogP contribution in [-0.2, 0) is 0 Å². The Kier molecular flexibility index (Phi) is 4.74. The van der Waals surface area contributed by atoms with Crippen LogP contribution >= 0.6 is 0 Å². The maximum absolute atomic E-state index is 10.9. The number of phenolic OH excluding ortho intramolecular Hbond substituents is 1. The molecule has 0 radical (unpaired) electrons. The standard InChI is InChI=1S/C20H27NO3/c1-3-17(14-7-5-4-6-8-14)18-13(2)19(23)21(20(18)24)15-9-11-16(22)12-10-15/h9-12,14,17,22-24H,3-8H2,1-2H3. The van der Waals surface area contributed by atoms with E-state index < -0.39 is 0 Å². The number of phenols is 1. The van der Waals surface area contributed by atoms with Crippen molar-refractivity contribution in [3.05, 3.63) is 35.4 Å².